The predicted octanol–water partition coefficient (Wildman–Crippen LogP) is 2.85. The Morgan fingerprint density at radius 1 is 1.46 bits per heavy atom. The number of para-hydroxylation sites is 1. The molecule has 0 saturated heterocycles. The van der Waals surface area contributed by atoms with E-state index in [1.165, 1.54) is 0 Å². The fraction of sp³-hybridized carbons (Fsp3) is 0.250. The first-order valence-electron chi connectivity index (χ1n) is 3.68. The molecule has 0 atom stereocenters. The van der Waals surface area contributed by atoms with Crippen molar-refractivity contribution in [2.75, 3.05) is 11.9 Å². The first-order chi connectivity index (χ1) is 6.08. The van der Waals surface area contributed by atoms with E-state index in [1.54, 1.807) is 18.2 Å². The van der Waals surface area contributed by atoms with E-state index < -0.39 is 12.7 Å². The lowest BCUT2D eigenvalue weighted by Crippen LogP contribution is -2.37. The summed E-state index contributed by atoms with van der Waals surface area (Å²) in [6.45, 7) is -0.490. The zero-order valence-electron chi connectivity index (χ0n) is 6.48. The van der Waals surface area contributed by atoms with Crippen LogP contribution in [0.15, 0.2) is 22.7 Å². The topological polar surface area (TPSA) is 21.3 Å². The highest BCUT2D eigenvalue weighted by molar-refractivity contribution is 9.10. The molecule has 1 aromatic carbocycles. The van der Waals surface area contributed by atoms with Crippen molar-refractivity contribution in [1.82, 2.24) is 0 Å². The normalized spacial score (nSPS) is 18.4. The Morgan fingerprint density at radius 2 is 2.23 bits per heavy atom. The molecular formula is C8H6BrF2NO. The molecular weight excluding hydrogens is 244 g/mol. The Labute approximate surface area is 82.0 Å². The van der Waals surface area contributed by atoms with Gasteiger partial charge in [-0.1, -0.05) is 6.07 Å². The summed E-state index contributed by atoms with van der Waals surface area (Å²) in [4.78, 5) is 0. The molecule has 1 heterocycles. The van der Waals surface area contributed by atoms with Gasteiger partial charge in [-0.3, -0.25) is 0 Å². The van der Waals surface area contributed by atoms with Crippen molar-refractivity contribution in [3.05, 3.63) is 22.7 Å². The van der Waals surface area contributed by atoms with Gasteiger partial charge in [0.25, 0.3) is 0 Å². The van der Waals surface area contributed by atoms with E-state index in [0.29, 0.717) is 10.2 Å². The van der Waals surface area contributed by atoms with E-state index in [-0.39, 0.29) is 5.75 Å². The highest BCUT2D eigenvalue weighted by Crippen LogP contribution is 2.39. The van der Waals surface area contributed by atoms with Crippen LogP contribution in [0.2, 0.25) is 0 Å². The summed E-state index contributed by atoms with van der Waals surface area (Å²) in [6.07, 6.45) is -3.13. The van der Waals surface area contributed by atoms with Gasteiger partial charge < -0.3 is 10.1 Å². The molecule has 0 unspecified atom stereocenters. The van der Waals surface area contributed by atoms with Crippen molar-refractivity contribution >= 4 is 21.6 Å². The van der Waals surface area contributed by atoms with E-state index in [9.17, 15) is 8.78 Å². The molecule has 13 heavy (non-hydrogen) atoms. The molecule has 0 amide bonds. The average Bonchev–Trinajstić information content (AvgIpc) is 2.06. The number of fused-ring (bicyclic) bond motifs is 1. The van der Waals surface area contributed by atoms with Crippen LogP contribution in [-0.4, -0.2) is 12.7 Å². The standard InChI is InChI=1S/C8H6BrF2NO/c9-5-2-1-3-6-7(5)13-8(10,11)4-12-6/h1-3,12H,4H2. The minimum absolute atomic E-state index is 0.166. The lowest BCUT2D eigenvalue weighted by molar-refractivity contribution is -0.167. The van der Waals surface area contributed by atoms with E-state index in [2.05, 4.69) is 26.0 Å². The summed E-state index contributed by atoms with van der Waals surface area (Å²) in [7, 11) is 0. The summed E-state index contributed by atoms with van der Waals surface area (Å²) in [5, 5.41) is 2.59. The van der Waals surface area contributed by atoms with E-state index in [4.69, 9.17) is 0 Å². The highest BCUT2D eigenvalue weighted by atomic mass is 79.9. The summed E-state index contributed by atoms with van der Waals surface area (Å²) in [6, 6.07) is 5.10. The fourth-order valence-corrected chi connectivity index (χ4v) is 1.58. The van der Waals surface area contributed by atoms with Crippen molar-refractivity contribution in [2.24, 2.45) is 0 Å². The zero-order valence-corrected chi connectivity index (χ0v) is 8.07. The van der Waals surface area contributed by atoms with Crippen LogP contribution < -0.4 is 10.1 Å². The molecule has 1 aliphatic rings. The molecule has 0 aliphatic carbocycles. The lowest BCUT2D eigenvalue weighted by Gasteiger charge is -2.26. The molecule has 1 aliphatic heterocycles. The van der Waals surface area contributed by atoms with Crippen LogP contribution in [0.3, 0.4) is 0 Å². The Balaban J connectivity index is 2.44. The number of rotatable bonds is 0. The molecule has 1 N–H and O–H groups in total. The van der Waals surface area contributed by atoms with Crippen molar-refractivity contribution in [1.29, 1.82) is 0 Å². The number of hydrogen-bond acceptors (Lipinski definition) is 2. The monoisotopic (exact) mass is 249 g/mol. The van der Waals surface area contributed by atoms with Gasteiger partial charge >= 0.3 is 6.11 Å². The van der Waals surface area contributed by atoms with Crippen molar-refractivity contribution in [2.45, 2.75) is 6.11 Å². The zero-order chi connectivity index (χ0) is 9.47. The maximum atomic E-state index is 12.8. The van der Waals surface area contributed by atoms with Gasteiger partial charge in [0.2, 0.25) is 0 Å². The van der Waals surface area contributed by atoms with Gasteiger partial charge in [0, 0.05) is 0 Å². The molecule has 2 nitrogen and oxygen atoms in total. The number of alkyl halides is 2. The molecule has 0 bridgehead atoms. The number of anilines is 1. The van der Waals surface area contributed by atoms with Gasteiger partial charge in [0.05, 0.1) is 10.2 Å². The van der Waals surface area contributed by atoms with Gasteiger partial charge in [-0.25, -0.2) is 0 Å². The second kappa shape index (κ2) is 2.83. The van der Waals surface area contributed by atoms with E-state index in [1.807, 2.05) is 0 Å². The van der Waals surface area contributed by atoms with Gasteiger partial charge in [0.15, 0.2) is 5.75 Å². The van der Waals surface area contributed by atoms with Crippen molar-refractivity contribution in [3.63, 3.8) is 0 Å². The van der Waals surface area contributed by atoms with Crippen LogP contribution >= 0.6 is 15.9 Å². The van der Waals surface area contributed by atoms with Crippen molar-refractivity contribution in [3.8, 4) is 5.75 Å². The second-order valence-electron chi connectivity index (χ2n) is 2.71. The van der Waals surface area contributed by atoms with Crippen LogP contribution in [0.1, 0.15) is 0 Å². The Bertz CT molecular complexity index is 343. The number of nitrogens with one attached hydrogen (secondary N) is 1. The fourth-order valence-electron chi connectivity index (χ4n) is 1.14. The van der Waals surface area contributed by atoms with E-state index >= 15 is 0 Å². The van der Waals surface area contributed by atoms with Crippen LogP contribution in [0, 0.1) is 0 Å². The van der Waals surface area contributed by atoms with Crippen molar-refractivity contribution < 1.29 is 13.5 Å². The third kappa shape index (κ3) is 1.60. The molecule has 2 rings (SSSR count). The summed E-state index contributed by atoms with van der Waals surface area (Å²) >= 11 is 3.14. The minimum atomic E-state index is -3.13. The average molecular weight is 250 g/mol. The highest BCUT2D eigenvalue weighted by Gasteiger charge is 2.36. The van der Waals surface area contributed by atoms with Crippen LogP contribution in [0.5, 0.6) is 5.75 Å². The predicted molar refractivity (Wildman–Crippen MR) is 48.2 cm³/mol. The van der Waals surface area contributed by atoms with Gasteiger partial charge in [-0.05, 0) is 28.1 Å². The smallest absolute Gasteiger partial charge is 0.415 e. The Kier molecular flexibility index (Phi) is 1.91. The van der Waals surface area contributed by atoms with Crippen LogP contribution in [0.25, 0.3) is 0 Å². The Morgan fingerprint density at radius 3 is 3.00 bits per heavy atom. The molecule has 0 aromatic heterocycles. The molecule has 0 fully saturated rings. The largest absolute Gasteiger partial charge is 0.428 e. The third-order valence-corrected chi connectivity index (χ3v) is 2.33. The molecule has 0 saturated carbocycles. The first kappa shape index (κ1) is 8.74. The van der Waals surface area contributed by atoms with E-state index in [0.717, 1.165) is 0 Å². The number of benzene rings is 1. The SMILES string of the molecule is FC1(F)CNc2cccc(Br)c2O1. The van der Waals surface area contributed by atoms with Crippen LogP contribution in [0.4, 0.5) is 14.5 Å². The number of ether oxygens (including phenoxy) is 1. The summed E-state index contributed by atoms with van der Waals surface area (Å²) in [5.41, 5.74) is 0.584. The maximum Gasteiger partial charge on any atom is 0.415 e. The molecule has 5 heteroatoms. The second-order valence-corrected chi connectivity index (χ2v) is 3.56. The quantitative estimate of drug-likeness (QED) is 0.764. The minimum Gasteiger partial charge on any atom is -0.428 e. The summed E-state index contributed by atoms with van der Waals surface area (Å²) in [5.74, 6) is 0.166. The molecule has 1 aromatic rings. The van der Waals surface area contributed by atoms with Crippen LogP contribution in [-0.2, 0) is 0 Å². The lowest BCUT2D eigenvalue weighted by atomic mass is 10.2. The number of hydrogen-bond donors (Lipinski definition) is 1. The Hall–Kier alpha value is -0.840. The molecule has 70 valence electrons. The third-order valence-electron chi connectivity index (χ3n) is 1.70. The van der Waals surface area contributed by atoms with Gasteiger partial charge in [0.1, 0.15) is 6.54 Å². The molecule has 0 radical (unpaired) electrons. The number of halogens is 3. The molecule has 0 spiro atoms. The summed E-state index contributed by atoms with van der Waals surface area (Å²) < 4.78 is 30.5. The first-order valence-corrected chi connectivity index (χ1v) is 4.47. The van der Waals surface area contributed by atoms with Gasteiger partial charge in [-0.2, -0.15) is 8.78 Å². The maximum absolute atomic E-state index is 12.8. The van der Waals surface area contributed by atoms with Gasteiger partial charge in [-0.15, -0.1) is 0 Å².